The summed E-state index contributed by atoms with van der Waals surface area (Å²) in [5.74, 6) is 3.32. The lowest BCUT2D eigenvalue weighted by atomic mass is 10.1. The summed E-state index contributed by atoms with van der Waals surface area (Å²) in [6, 6.07) is 2.21. The fraction of sp³-hybridized carbons (Fsp3) is 0.500. The van der Waals surface area contributed by atoms with Crippen molar-refractivity contribution in [2.45, 2.75) is 38.5 Å². The maximum atomic E-state index is 5.71. The molecule has 1 fully saturated rings. The molecule has 0 aliphatic heterocycles. The van der Waals surface area contributed by atoms with Crippen LogP contribution in [-0.2, 0) is 0 Å². The minimum atomic E-state index is 0.478. The second-order valence-electron chi connectivity index (χ2n) is 4.10. The third-order valence-corrected chi connectivity index (χ3v) is 2.58. The molecule has 0 unspecified atom stereocenters. The Morgan fingerprint density at radius 1 is 1.54 bits per heavy atom. The molecule has 0 saturated heterocycles. The number of hydrogen-bond acceptors (Lipinski definition) is 1. The zero-order chi connectivity index (χ0) is 9.42. The van der Waals surface area contributed by atoms with Gasteiger partial charge in [0.05, 0.1) is 0 Å². The Balaban J connectivity index is 2.36. The molecule has 1 nitrogen and oxygen atoms in total. The van der Waals surface area contributed by atoms with Crippen molar-refractivity contribution in [1.29, 1.82) is 0 Å². The predicted octanol–water partition coefficient (Wildman–Crippen LogP) is 3.92. The van der Waals surface area contributed by atoms with Gasteiger partial charge in [-0.15, -0.1) is 0 Å². The lowest BCUT2D eigenvalue weighted by Gasteiger charge is -1.96. The second kappa shape index (κ2) is 3.06. The molecule has 1 aromatic heterocycles. The maximum absolute atomic E-state index is 5.71. The predicted molar refractivity (Wildman–Crippen MR) is 54.9 cm³/mol. The van der Waals surface area contributed by atoms with E-state index in [0.29, 0.717) is 5.92 Å². The van der Waals surface area contributed by atoms with Gasteiger partial charge in [0.1, 0.15) is 11.5 Å². The van der Waals surface area contributed by atoms with Crippen molar-refractivity contribution in [2.24, 2.45) is 0 Å². The van der Waals surface area contributed by atoms with Crippen molar-refractivity contribution < 1.29 is 4.42 Å². The van der Waals surface area contributed by atoms with Crippen molar-refractivity contribution in [3.05, 3.63) is 29.7 Å². The third-order valence-electron chi connectivity index (χ3n) is 2.58. The molecule has 0 N–H and O–H groups in total. The highest BCUT2D eigenvalue weighted by molar-refractivity contribution is 5.49. The smallest absolute Gasteiger partial charge is 0.129 e. The van der Waals surface area contributed by atoms with Crippen LogP contribution in [0.2, 0.25) is 0 Å². The normalized spacial score (nSPS) is 16.5. The van der Waals surface area contributed by atoms with E-state index in [-0.39, 0.29) is 0 Å². The van der Waals surface area contributed by atoms with E-state index in [2.05, 4.69) is 26.5 Å². The SMILES string of the molecule is C=Cc1oc(C(C)C)cc1C1CC1. The van der Waals surface area contributed by atoms with Crippen molar-refractivity contribution in [3.63, 3.8) is 0 Å². The van der Waals surface area contributed by atoms with Crippen molar-refractivity contribution in [3.8, 4) is 0 Å². The molecule has 1 heterocycles. The van der Waals surface area contributed by atoms with Crippen LogP contribution in [0.15, 0.2) is 17.1 Å². The summed E-state index contributed by atoms with van der Waals surface area (Å²) in [6.45, 7) is 8.09. The van der Waals surface area contributed by atoms with Gasteiger partial charge < -0.3 is 4.42 Å². The average molecular weight is 176 g/mol. The van der Waals surface area contributed by atoms with Gasteiger partial charge >= 0.3 is 0 Å². The molecule has 70 valence electrons. The minimum absolute atomic E-state index is 0.478. The van der Waals surface area contributed by atoms with E-state index >= 15 is 0 Å². The molecule has 0 amide bonds. The summed E-state index contributed by atoms with van der Waals surface area (Å²) in [5, 5.41) is 0. The number of furan rings is 1. The van der Waals surface area contributed by atoms with Crippen molar-refractivity contribution in [1.82, 2.24) is 0 Å². The second-order valence-corrected chi connectivity index (χ2v) is 4.10. The zero-order valence-corrected chi connectivity index (χ0v) is 8.34. The molecular formula is C12H16O. The molecule has 1 heteroatoms. The summed E-state index contributed by atoms with van der Waals surface area (Å²) in [7, 11) is 0. The van der Waals surface area contributed by atoms with Gasteiger partial charge in [-0.3, -0.25) is 0 Å². The van der Waals surface area contributed by atoms with E-state index in [0.717, 1.165) is 17.4 Å². The Morgan fingerprint density at radius 2 is 2.23 bits per heavy atom. The molecule has 2 rings (SSSR count). The molecule has 1 aromatic rings. The Labute approximate surface area is 79.4 Å². The first-order valence-corrected chi connectivity index (χ1v) is 4.98. The van der Waals surface area contributed by atoms with Gasteiger partial charge in [-0.05, 0) is 30.9 Å². The van der Waals surface area contributed by atoms with Crippen LogP contribution < -0.4 is 0 Å². The first-order chi connectivity index (χ1) is 6.22. The number of rotatable bonds is 3. The molecule has 1 aliphatic carbocycles. The summed E-state index contributed by atoms with van der Waals surface area (Å²) < 4.78 is 5.71. The van der Waals surface area contributed by atoms with Gasteiger partial charge in [0.2, 0.25) is 0 Å². The molecule has 1 aliphatic rings. The van der Waals surface area contributed by atoms with Crippen LogP contribution in [-0.4, -0.2) is 0 Å². The van der Waals surface area contributed by atoms with E-state index in [9.17, 15) is 0 Å². The number of hydrogen-bond donors (Lipinski definition) is 0. The molecule has 0 bridgehead atoms. The molecule has 13 heavy (non-hydrogen) atoms. The first-order valence-electron chi connectivity index (χ1n) is 4.98. The van der Waals surface area contributed by atoms with Gasteiger partial charge in [-0.1, -0.05) is 20.4 Å². The Kier molecular flexibility index (Phi) is 2.03. The monoisotopic (exact) mass is 176 g/mol. The molecule has 1 saturated carbocycles. The van der Waals surface area contributed by atoms with Crippen molar-refractivity contribution in [2.75, 3.05) is 0 Å². The lowest BCUT2D eigenvalue weighted by molar-refractivity contribution is 0.478. The Bertz CT molecular complexity index is 316. The first kappa shape index (κ1) is 8.61. The Hall–Kier alpha value is -0.980. The highest BCUT2D eigenvalue weighted by Crippen LogP contribution is 2.43. The summed E-state index contributed by atoms with van der Waals surface area (Å²) in [6.07, 6.45) is 4.47. The topological polar surface area (TPSA) is 13.1 Å². The third kappa shape index (κ3) is 1.55. The standard InChI is InChI=1S/C12H16O/c1-4-11-10(9-5-6-9)7-12(13-11)8(2)3/h4,7-9H,1,5-6H2,2-3H3. The lowest BCUT2D eigenvalue weighted by Crippen LogP contribution is -1.80. The van der Waals surface area contributed by atoms with Crippen LogP contribution in [0.3, 0.4) is 0 Å². The fourth-order valence-corrected chi connectivity index (χ4v) is 1.60. The van der Waals surface area contributed by atoms with Crippen LogP contribution in [0.5, 0.6) is 0 Å². The molecule has 0 spiro atoms. The van der Waals surface area contributed by atoms with Crippen LogP contribution in [0.4, 0.5) is 0 Å². The van der Waals surface area contributed by atoms with Crippen LogP contribution in [0, 0.1) is 0 Å². The van der Waals surface area contributed by atoms with Crippen LogP contribution >= 0.6 is 0 Å². The quantitative estimate of drug-likeness (QED) is 0.680. The minimum Gasteiger partial charge on any atom is -0.461 e. The zero-order valence-electron chi connectivity index (χ0n) is 8.34. The van der Waals surface area contributed by atoms with Crippen molar-refractivity contribution >= 4 is 6.08 Å². The summed E-state index contributed by atoms with van der Waals surface area (Å²) in [4.78, 5) is 0. The van der Waals surface area contributed by atoms with Crippen LogP contribution in [0.1, 0.15) is 55.6 Å². The summed E-state index contributed by atoms with van der Waals surface area (Å²) in [5.41, 5.74) is 1.37. The highest BCUT2D eigenvalue weighted by atomic mass is 16.3. The van der Waals surface area contributed by atoms with E-state index in [4.69, 9.17) is 4.42 Å². The largest absolute Gasteiger partial charge is 0.461 e. The Morgan fingerprint density at radius 3 is 2.69 bits per heavy atom. The van der Waals surface area contributed by atoms with Crippen LogP contribution in [0.25, 0.3) is 6.08 Å². The molecular weight excluding hydrogens is 160 g/mol. The summed E-state index contributed by atoms with van der Waals surface area (Å²) >= 11 is 0. The van der Waals surface area contributed by atoms with Gasteiger partial charge in [-0.2, -0.15) is 0 Å². The van der Waals surface area contributed by atoms with Gasteiger partial charge in [0.25, 0.3) is 0 Å². The molecule has 0 radical (unpaired) electrons. The van der Waals surface area contributed by atoms with E-state index in [1.165, 1.54) is 18.4 Å². The van der Waals surface area contributed by atoms with Gasteiger partial charge in [0.15, 0.2) is 0 Å². The van der Waals surface area contributed by atoms with E-state index < -0.39 is 0 Å². The van der Waals surface area contributed by atoms with Gasteiger partial charge in [0, 0.05) is 11.5 Å². The average Bonchev–Trinajstić information content (AvgIpc) is 2.84. The highest BCUT2D eigenvalue weighted by Gasteiger charge is 2.28. The molecule has 0 aromatic carbocycles. The fourth-order valence-electron chi connectivity index (χ4n) is 1.60. The molecule has 0 atom stereocenters. The van der Waals surface area contributed by atoms with E-state index in [1.807, 2.05) is 6.08 Å². The van der Waals surface area contributed by atoms with E-state index in [1.54, 1.807) is 0 Å². The van der Waals surface area contributed by atoms with Gasteiger partial charge in [-0.25, -0.2) is 0 Å². The maximum Gasteiger partial charge on any atom is 0.129 e.